The van der Waals surface area contributed by atoms with Gasteiger partial charge in [-0.2, -0.15) is 0 Å². The molecule has 0 nitrogen and oxygen atoms in total. The van der Waals surface area contributed by atoms with Crippen LogP contribution < -0.4 is 0 Å². The zero-order chi connectivity index (χ0) is 63.4. The van der Waals surface area contributed by atoms with Crippen LogP contribution in [0.4, 0.5) is 0 Å². The second-order valence-electron chi connectivity index (χ2n) is 35.1. The molecule has 0 aliphatic heterocycles. The normalized spacial score (nSPS) is 13.9. The third-order valence-electron chi connectivity index (χ3n) is 20.4. The van der Waals surface area contributed by atoms with E-state index in [1.54, 1.807) is 0 Å². The van der Waals surface area contributed by atoms with Gasteiger partial charge in [-0.15, -0.1) is 0 Å². The highest BCUT2D eigenvalue weighted by Gasteiger charge is 2.28. The fourth-order valence-electron chi connectivity index (χ4n) is 14.8. The molecule has 0 fully saturated rings. The van der Waals surface area contributed by atoms with Gasteiger partial charge in [-0.05, 0) is 264 Å². The summed E-state index contributed by atoms with van der Waals surface area (Å²) in [7, 11) is 0. The van der Waals surface area contributed by atoms with E-state index in [2.05, 4.69) is 312 Å². The molecule has 8 bridgehead atoms. The molecule has 0 amide bonds. The first-order valence-electron chi connectivity index (χ1n) is 32.9. The Balaban J connectivity index is 1.65. The van der Waals surface area contributed by atoms with Crippen LogP contribution in [0.25, 0.3) is 86.2 Å². The van der Waals surface area contributed by atoms with Gasteiger partial charge in [0.2, 0.25) is 0 Å². The van der Waals surface area contributed by atoms with E-state index in [0.717, 1.165) is 0 Å². The first-order chi connectivity index (χ1) is 40.7. The Morgan fingerprint density at radius 1 is 0.125 bits per heavy atom. The maximum absolute atomic E-state index is 2.62. The van der Waals surface area contributed by atoms with Crippen molar-refractivity contribution in [3.05, 3.63) is 232 Å². The topological polar surface area (TPSA) is 0 Å². The molecule has 0 radical (unpaired) electrons. The predicted molar refractivity (Wildman–Crippen MR) is 386 cm³/mol. The second-order valence-corrected chi connectivity index (χ2v) is 35.1. The molecule has 22 rings (SSSR count). The summed E-state index contributed by atoms with van der Waals surface area (Å²) in [5, 5.41) is 31.2. The van der Waals surface area contributed by atoms with E-state index in [1.165, 1.54) is 172 Å². The Morgan fingerprint density at radius 3 is 0.307 bits per heavy atom. The monoisotopic (exact) mass is 1150 g/mol. The zero-order valence-corrected chi connectivity index (χ0v) is 57.9. The SMILES string of the molecule is CC(C)(C)c1ccc2c3c4ccc(C(C)(C)C)cc4c(c2c1)=c1c2ccc(C(C)(C)C)cc2c(c2cc(C(C)(C)C)ccc12)=c1c2ccc(C(C)(C)C)cc2c(c2cc(C(C)(C)C)ccc12)=c1c2ccc(C(C)(C)C)cc2c=3c2cc(C(C)(C)C)ccc12. The van der Waals surface area contributed by atoms with Crippen molar-refractivity contribution in [3.8, 4) is 0 Å². The Morgan fingerprint density at radius 2 is 0.216 bits per heavy atom. The van der Waals surface area contributed by atoms with Crippen LogP contribution in [-0.2, 0) is 43.3 Å². The fraction of sp³-hybridized carbons (Fsp3) is 0.364. The van der Waals surface area contributed by atoms with Crippen LogP contribution in [0, 0.1) is 41.7 Å². The molecule has 0 saturated carbocycles. The van der Waals surface area contributed by atoms with Crippen molar-refractivity contribution in [2.75, 3.05) is 0 Å². The summed E-state index contributed by atoms with van der Waals surface area (Å²) in [4.78, 5) is 0. The highest BCUT2D eigenvalue weighted by atomic mass is 14.3. The highest BCUT2D eigenvalue weighted by molar-refractivity contribution is 6.12. The Kier molecular flexibility index (Phi) is 13.0. The van der Waals surface area contributed by atoms with Crippen LogP contribution in [0.1, 0.15) is 211 Å². The largest absolute Gasteiger partial charge is 0.0578 e. The van der Waals surface area contributed by atoms with Crippen molar-refractivity contribution in [2.24, 2.45) is 0 Å². The van der Waals surface area contributed by atoms with Crippen LogP contribution in [0.3, 0.4) is 0 Å². The minimum atomic E-state index is -0.125. The highest BCUT2D eigenvalue weighted by Crippen LogP contribution is 2.46. The first-order valence-corrected chi connectivity index (χ1v) is 32.9. The first kappa shape index (κ1) is 59.7. The van der Waals surface area contributed by atoms with Gasteiger partial charge in [0, 0.05) is 0 Å². The predicted octanol–water partition coefficient (Wildman–Crippen LogP) is 24.8. The molecule has 0 heterocycles. The molecule has 10 aliphatic carbocycles. The van der Waals surface area contributed by atoms with Gasteiger partial charge in [-0.25, -0.2) is 0 Å². The Bertz CT molecular complexity index is 4460. The van der Waals surface area contributed by atoms with E-state index in [-0.39, 0.29) is 43.3 Å². The van der Waals surface area contributed by atoms with Gasteiger partial charge in [-0.1, -0.05) is 263 Å². The Labute approximate surface area is 524 Å². The van der Waals surface area contributed by atoms with Crippen molar-refractivity contribution < 1.29 is 0 Å². The van der Waals surface area contributed by atoms with Gasteiger partial charge in [0.1, 0.15) is 0 Å². The number of benzene rings is 12. The molecule has 0 N–H and O–H groups in total. The summed E-state index contributed by atoms with van der Waals surface area (Å²) in [5.41, 5.74) is 9.67. The van der Waals surface area contributed by atoms with Gasteiger partial charge < -0.3 is 0 Å². The number of rotatable bonds is 0. The molecule has 448 valence electrons. The van der Waals surface area contributed by atoms with E-state index >= 15 is 0 Å². The molecule has 10 aliphatic rings. The van der Waals surface area contributed by atoms with Gasteiger partial charge >= 0.3 is 0 Å². The van der Waals surface area contributed by atoms with E-state index in [0.29, 0.717) is 0 Å². The lowest BCUT2D eigenvalue weighted by Crippen LogP contribution is -2.12. The maximum Gasteiger partial charge on any atom is -0.00137 e. The van der Waals surface area contributed by atoms with Crippen LogP contribution in [0.15, 0.2) is 146 Å². The minimum absolute atomic E-state index is 0.125. The lowest BCUT2D eigenvalue weighted by molar-refractivity contribution is 0.590. The molecule has 0 unspecified atom stereocenters. The van der Waals surface area contributed by atoms with Crippen molar-refractivity contribution >= 4 is 86.2 Å². The average molecular weight is 1150 g/mol. The molecule has 12 aromatic rings. The molecule has 88 heavy (non-hydrogen) atoms. The van der Waals surface area contributed by atoms with Gasteiger partial charge in [0.05, 0.1) is 0 Å². The van der Waals surface area contributed by atoms with Crippen LogP contribution in [-0.4, -0.2) is 0 Å². The van der Waals surface area contributed by atoms with Gasteiger partial charge in [0.25, 0.3) is 0 Å². The van der Waals surface area contributed by atoms with Crippen molar-refractivity contribution in [1.82, 2.24) is 0 Å². The Hall–Kier alpha value is -7.28. The number of hydrogen-bond acceptors (Lipinski definition) is 0. The van der Waals surface area contributed by atoms with Gasteiger partial charge in [-0.3, -0.25) is 0 Å². The third kappa shape index (κ3) is 9.42. The van der Waals surface area contributed by atoms with Crippen LogP contribution in [0.2, 0.25) is 0 Å². The van der Waals surface area contributed by atoms with E-state index in [9.17, 15) is 0 Å². The molecule has 0 spiro atoms. The van der Waals surface area contributed by atoms with Crippen LogP contribution >= 0.6 is 0 Å². The summed E-state index contributed by atoms with van der Waals surface area (Å²) in [5.74, 6) is 0. The smallest absolute Gasteiger partial charge is 0.00137 e. The number of hydrogen-bond donors (Lipinski definition) is 0. The molecular formula is C88H96. The molecule has 0 atom stereocenters. The quantitative estimate of drug-likeness (QED) is 0.133. The summed E-state index contributed by atoms with van der Waals surface area (Å²) in [6, 6.07) is 61.0. The molecule has 0 saturated heterocycles. The minimum Gasteiger partial charge on any atom is -0.0578 e. The standard InChI is InChI=1S/C88H96/c1-81(2,3)49-25-33-57-65(41-49)77-66-42-50(82(4,5)6)26-34-58(66)73(57)78-69-45-53(85(13,14)15)29-37-61(69)75(62-38-30-54(46-70(62)78)86(16,17)18)80-71-47-55(87(19,20)21)31-39-63(71)76(64-40-32-56(48-72(64)80)88(22,23)24)79-67-43-51(83(7,8)9)27-35-59(67)74(77)60-36-28-52(44-68(60)79)84(10,11)12/h25-48H,1-24H3. The molecular weight excluding hydrogens is 1060 g/mol. The molecule has 0 aromatic heterocycles. The van der Waals surface area contributed by atoms with Crippen molar-refractivity contribution in [3.63, 3.8) is 0 Å². The van der Waals surface area contributed by atoms with Crippen molar-refractivity contribution in [1.29, 1.82) is 0 Å². The summed E-state index contributed by atoms with van der Waals surface area (Å²) in [6.07, 6.45) is 0. The molecule has 12 aromatic carbocycles. The molecule has 0 heteroatoms. The lowest BCUT2D eigenvalue weighted by Gasteiger charge is -2.25. The fourth-order valence-corrected chi connectivity index (χ4v) is 14.8. The van der Waals surface area contributed by atoms with Crippen molar-refractivity contribution in [2.45, 2.75) is 209 Å². The summed E-state index contributed by atoms with van der Waals surface area (Å²) < 4.78 is 0. The van der Waals surface area contributed by atoms with E-state index in [1.807, 2.05) is 0 Å². The van der Waals surface area contributed by atoms with Gasteiger partial charge in [0.15, 0.2) is 0 Å². The second kappa shape index (κ2) is 19.1. The summed E-state index contributed by atoms with van der Waals surface area (Å²) >= 11 is 0. The summed E-state index contributed by atoms with van der Waals surface area (Å²) in [6.45, 7) is 57.4. The maximum atomic E-state index is 2.62. The average Bonchev–Trinajstić information content (AvgIpc) is 0.700. The third-order valence-corrected chi connectivity index (χ3v) is 20.4. The van der Waals surface area contributed by atoms with Crippen LogP contribution in [0.5, 0.6) is 0 Å². The zero-order valence-electron chi connectivity index (χ0n) is 57.9. The lowest BCUT2D eigenvalue weighted by atomic mass is 9.79. The van der Waals surface area contributed by atoms with E-state index < -0.39 is 0 Å². The van der Waals surface area contributed by atoms with E-state index in [4.69, 9.17) is 0 Å².